The molecule has 1 N–H and O–H groups in total. The maximum atomic E-state index is 13.7. The van der Waals surface area contributed by atoms with Crippen LogP contribution in [0.2, 0.25) is 0 Å². The summed E-state index contributed by atoms with van der Waals surface area (Å²) in [6, 6.07) is 6.30. The van der Waals surface area contributed by atoms with E-state index in [1.165, 1.54) is 5.56 Å². The topological polar surface area (TPSA) is 79.4 Å². The number of carbonyl (C=O) groups is 3. The van der Waals surface area contributed by atoms with Crippen LogP contribution in [0.25, 0.3) is 10.2 Å². The molecule has 1 aromatic heterocycles. The molecular formula is C32H47N3O3S. The van der Waals surface area contributed by atoms with E-state index in [-0.39, 0.29) is 29.9 Å². The smallest absolute Gasteiger partial charge is 0.224 e. The van der Waals surface area contributed by atoms with E-state index in [1.807, 2.05) is 25.9 Å². The van der Waals surface area contributed by atoms with Crippen LogP contribution < -0.4 is 5.32 Å². The zero-order valence-corrected chi connectivity index (χ0v) is 25.4. The summed E-state index contributed by atoms with van der Waals surface area (Å²) >= 11 is 1.62. The molecule has 0 saturated heterocycles. The van der Waals surface area contributed by atoms with Crippen molar-refractivity contribution in [1.82, 2.24) is 15.2 Å². The highest BCUT2D eigenvalue weighted by molar-refractivity contribution is 7.18. The van der Waals surface area contributed by atoms with Crippen molar-refractivity contribution in [3.8, 4) is 0 Å². The van der Waals surface area contributed by atoms with Crippen molar-refractivity contribution in [3.05, 3.63) is 40.9 Å². The predicted molar refractivity (Wildman–Crippen MR) is 161 cm³/mol. The molecule has 0 bridgehead atoms. The summed E-state index contributed by atoms with van der Waals surface area (Å²) in [5, 5.41) is 4.20. The first-order chi connectivity index (χ1) is 18.6. The van der Waals surface area contributed by atoms with Gasteiger partial charge in [0.2, 0.25) is 5.91 Å². The van der Waals surface area contributed by atoms with Gasteiger partial charge in [-0.2, -0.15) is 0 Å². The molecule has 1 saturated carbocycles. The number of Topliss-reactive ketones (excluding diaryl/α,β-unsaturated/α-hetero) is 2. The van der Waals surface area contributed by atoms with Gasteiger partial charge in [-0.3, -0.25) is 14.4 Å². The summed E-state index contributed by atoms with van der Waals surface area (Å²) in [5.74, 6) is 0.437. The lowest BCUT2D eigenvalue weighted by molar-refractivity contribution is -0.130. The Hall–Kier alpha value is -2.38. The number of aromatic nitrogens is 1. The molecule has 0 unspecified atom stereocenters. The fourth-order valence-electron chi connectivity index (χ4n) is 5.58. The highest BCUT2D eigenvalue weighted by Gasteiger charge is 2.31. The maximum Gasteiger partial charge on any atom is 0.224 e. The van der Waals surface area contributed by atoms with Gasteiger partial charge in [0.05, 0.1) is 21.1 Å². The van der Waals surface area contributed by atoms with E-state index in [1.54, 1.807) is 11.3 Å². The minimum absolute atomic E-state index is 0.0610. The van der Waals surface area contributed by atoms with E-state index in [0.29, 0.717) is 49.6 Å². The van der Waals surface area contributed by atoms with Crippen LogP contribution in [0.5, 0.6) is 0 Å². The Kier molecular flexibility index (Phi) is 11.9. The number of fused-ring (bicyclic) bond motifs is 1. The Morgan fingerprint density at radius 2 is 1.87 bits per heavy atom. The molecule has 1 amide bonds. The molecule has 1 aliphatic rings. The Morgan fingerprint density at radius 1 is 1.15 bits per heavy atom. The third kappa shape index (κ3) is 9.35. The maximum absolute atomic E-state index is 13.7. The monoisotopic (exact) mass is 553 g/mol. The fraction of sp³-hybridized carbons (Fsp3) is 0.625. The second-order valence-electron chi connectivity index (χ2n) is 11.8. The number of hydrogen-bond acceptors (Lipinski definition) is 6. The van der Waals surface area contributed by atoms with Gasteiger partial charge in [0.15, 0.2) is 5.78 Å². The normalized spacial score (nSPS) is 15.7. The molecule has 6 nitrogen and oxygen atoms in total. The first-order valence-electron chi connectivity index (χ1n) is 14.6. The van der Waals surface area contributed by atoms with Crippen molar-refractivity contribution in [2.24, 2.45) is 11.8 Å². The van der Waals surface area contributed by atoms with Gasteiger partial charge in [-0.15, -0.1) is 11.3 Å². The van der Waals surface area contributed by atoms with E-state index >= 15 is 0 Å². The van der Waals surface area contributed by atoms with Gasteiger partial charge in [0, 0.05) is 43.8 Å². The van der Waals surface area contributed by atoms with Crippen LogP contribution in [-0.2, 0) is 20.8 Å². The SMILES string of the molecule is C=C(CN(C)C)C(=O)CC[C@@H](NC(=O)[C@@H](CC(=O)CCC)Cc1nc2ccc(C(C)C)cc2s1)C1CCCC1. The van der Waals surface area contributed by atoms with Crippen molar-refractivity contribution in [1.29, 1.82) is 0 Å². The van der Waals surface area contributed by atoms with Crippen LogP contribution >= 0.6 is 11.3 Å². The Bertz CT molecular complexity index is 1150. The average molecular weight is 554 g/mol. The van der Waals surface area contributed by atoms with Gasteiger partial charge in [0.25, 0.3) is 0 Å². The summed E-state index contributed by atoms with van der Waals surface area (Å²) in [5.41, 5.74) is 2.82. The lowest BCUT2D eigenvalue weighted by atomic mass is 9.90. The molecule has 2 atom stereocenters. The van der Waals surface area contributed by atoms with Gasteiger partial charge in [0.1, 0.15) is 5.78 Å². The predicted octanol–water partition coefficient (Wildman–Crippen LogP) is 6.48. The minimum Gasteiger partial charge on any atom is -0.353 e. The van der Waals surface area contributed by atoms with E-state index < -0.39 is 5.92 Å². The van der Waals surface area contributed by atoms with Crippen molar-refractivity contribution >= 4 is 39.0 Å². The van der Waals surface area contributed by atoms with Gasteiger partial charge < -0.3 is 10.2 Å². The van der Waals surface area contributed by atoms with Crippen molar-refractivity contribution in [2.45, 2.75) is 96.9 Å². The van der Waals surface area contributed by atoms with E-state index in [9.17, 15) is 14.4 Å². The number of nitrogens with one attached hydrogen (secondary N) is 1. The molecule has 1 fully saturated rings. The number of amides is 1. The molecule has 0 spiro atoms. The zero-order chi connectivity index (χ0) is 28.5. The molecule has 1 aromatic carbocycles. The van der Waals surface area contributed by atoms with Gasteiger partial charge in [-0.25, -0.2) is 4.98 Å². The molecule has 0 radical (unpaired) electrons. The molecule has 39 heavy (non-hydrogen) atoms. The van der Waals surface area contributed by atoms with Crippen molar-refractivity contribution < 1.29 is 14.4 Å². The Morgan fingerprint density at radius 3 is 2.51 bits per heavy atom. The van der Waals surface area contributed by atoms with Crippen LogP contribution in [0, 0.1) is 11.8 Å². The number of nitrogens with zero attached hydrogens (tertiary/aromatic N) is 2. The van der Waals surface area contributed by atoms with Crippen LogP contribution in [0.1, 0.15) is 95.0 Å². The highest BCUT2D eigenvalue weighted by atomic mass is 32.1. The molecule has 1 aliphatic carbocycles. The zero-order valence-electron chi connectivity index (χ0n) is 24.6. The quantitative estimate of drug-likeness (QED) is 0.241. The fourth-order valence-corrected chi connectivity index (χ4v) is 6.67. The molecular weight excluding hydrogens is 506 g/mol. The first-order valence-corrected chi connectivity index (χ1v) is 15.5. The first kappa shape index (κ1) is 31.2. The number of ketones is 2. The number of hydrogen-bond donors (Lipinski definition) is 1. The molecule has 1 heterocycles. The average Bonchev–Trinajstić information content (AvgIpc) is 3.54. The standard InChI is InChI=1S/C32H47N3O3S/c1-7-10-26(36)17-25(19-31-33-28-14-13-24(21(2)3)18-30(28)39-31)32(38)34-27(23-11-8-9-12-23)15-16-29(37)22(4)20-35(5)6/h13-14,18,21,23,25,27H,4,7-12,15-17,19-20H2,1-3,5-6H3,(H,34,38)/t25-,27+/m0/s1. The number of benzene rings is 1. The third-order valence-electron chi connectivity index (χ3n) is 7.80. The van der Waals surface area contributed by atoms with Crippen LogP contribution in [0.4, 0.5) is 0 Å². The van der Waals surface area contributed by atoms with E-state index in [2.05, 4.69) is 43.9 Å². The van der Waals surface area contributed by atoms with Gasteiger partial charge in [-0.1, -0.05) is 46.3 Å². The lowest BCUT2D eigenvalue weighted by Gasteiger charge is -2.27. The second kappa shape index (κ2) is 14.8. The molecule has 2 aromatic rings. The van der Waals surface area contributed by atoms with Gasteiger partial charge >= 0.3 is 0 Å². The number of likely N-dealkylation sites (N-methyl/N-ethyl adjacent to an activating group) is 1. The summed E-state index contributed by atoms with van der Waals surface area (Å²) in [6.07, 6.45) is 7.35. The summed E-state index contributed by atoms with van der Waals surface area (Å²) in [6.45, 7) is 10.9. The highest BCUT2D eigenvalue weighted by Crippen LogP contribution is 2.31. The van der Waals surface area contributed by atoms with E-state index in [4.69, 9.17) is 4.98 Å². The molecule has 214 valence electrons. The van der Waals surface area contributed by atoms with Crippen LogP contribution in [0.3, 0.4) is 0 Å². The molecule has 3 rings (SSSR count). The summed E-state index contributed by atoms with van der Waals surface area (Å²) in [4.78, 5) is 45.9. The van der Waals surface area contributed by atoms with Crippen molar-refractivity contribution in [3.63, 3.8) is 0 Å². The Balaban J connectivity index is 1.75. The summed E-state index contributed by atoms with van der Waals surface area (Å²) in [7, 11) is 3.85. The van der Waals surface area contributed by atoms with Crippen molar-refractivity contribution in [2.75, 3.05) is 20.6 Å². The largest absolute Gasteiger partial charge is 0.353 e. The summed E-state index contributed by atoms with van der Waals surface area (Å²) < 4.78 is 1.12. The number of carbonyl (C=O) groups excluding carboxylic acids is 3. The lowest BCUT2D eigenvalue weighted by Crippen LogP contribution is -2.44. The van der Waals surface area contributed by atoms with Gasteiger partial charge in [-0.05, 0) is 69.3 Å². The Labute approximate surface area is 238 Å². The van der Waals surface area contributed by atoms with E-state index in [0.717, 1.165) is 47.3 Å². The van der Waals surface area contributed by atoms with Crippen LogP contribution in [-0.4, -0.2) is 54.0 Å². The molecule has 0 aliphatic heterocycles. The minimum atomic E-state index is -0.461. The second-order valence-corrected chi connectivity index (χ2v) is 13.0. The number of rotatable bonds is 16. The molecule has 7 heteroatoms. The van der Waals surface area contributed by atoms with Crippen LogP contribution in [0.15, 0.2) is 30.4 Å². The number of thiazole rings is 1. The third-order valence-corrected chi connectivity index (χ3v) is 8.84.